The Morgan fingerprint density at radius 3 is 2.76 bits per heavy atom. The first-order valence-corrected chi connectivity index (χ1v) is 9.67. The van der Waals surface area contributed by atoms with Crippen molar-refractivity contribution in [3.05, 3.63) is 40.3 Å². The molecule has 0 fully saturated rings. The maximum atomic E-state index is 12.1. The fraction of sp³-hybridized carbons (Fsp3) is 0.286. The number of hydrogen-bond acceptors (Lipinski definition) is 7. The molecule has 0 aliphatic carbocycles. The topological polar surface area (TPSA) is 132 Å². The summed E-state index contributed by atoms with van der Waals surface area (Å²) in [6.07, 6.45) is 0.00919. The standard InChI is InChI=1S/C14H16N6O3S2/c1-8-5-9(2)20-14(17-8)18-11(19-20)6-12(21)16-7-10-3-4-13(24-10)25(15,22)23/h3-5H,6-7H2,1-2H3,(H,16,21)(H2,15,22,23). The van der Waals surface area contributed by atoms with Gasteiger partial charge < -0.3 is 5.32 Å². The summed E-state index contributed by atoms with van der Waals surface area (Å²) in [6.45, 7) is 3.97. The zero-order valence-electron chi connectivity index (χ0n) is 13.6. The lowest BCUT2D eigenvalue weighted by Crippen LogP contribution is -2.24. The Morgan fingerprint density at radius 1 is 1.32 bits per heavy atom. The highest BCUT2D eigenvalue weighted by Gasteiger charge is 2.14. The van der Waals surface area contributed by atoms with Gasteiger partial charge in [0.05, 0.1) is 13.0 Å². The van der Waals surface area contributed by atoms with Crippen molar-refractivity contribution in [2.45, 2.75) is 31.0 Å². The molecule has 25 heavy (non-hydrogen) atoms. The van der Waals surface area contributed by atoms with Gasteiger partial charge in [-0.1, -0.05) is 0 Å². The number of fused-ring (bicyclic) bond motifs is 1. The van der Waals surface area contributed by atoms with E-state index in [0.717, 1.165) is 22.7 Å². The van der Waals surface area contributed by atoms with Gasteiger partial charge in [-0.05, 0) is 32.0 Å². The average Bonchev–Trinajstić information content (AvgIpc) is 3.11. The number of aromatic nitrogens is 4. The normalized spacial score (nSPS) is 11.8. The Hall–Kier alpha value is -2.37. The maximum absolute atomic E-state index is 12.1. The molecule has 0 spiro atoms. The highest BCUT2D eigenvalue weighted by molar-refractivity contribution is 7.91. The van der Waals surface area contributed by atoms with E-state index in [-0.39, 0.29) is 23.1 Å². The number of thiophene rings is 1. The van der Waals surface area contributed by atoms with Gasteiger partial charge in [-0.2, -0.15) is 4.98 Å². The zero-order chi connectivity index (χ0) is 18.2. The number of amides is 1. The van der Waals surface area contributed by atoms with E-state index in [4.69, 9.17) is 5.14 Å². The Labute approximate surface area is 148 Å². The molecule has 3 heterocycles. The van der Waals surface area contributed by atoms with Crippen molar-refractivity contribution in [2.24, 2.45) is 5.14 Å². The number of primary sulfonamides is 1. The minimum absolute atomic E-state index is 0.00919. The van der Waals surface area contributed by atoms with Crippen molar-refractivity contribution in [3.8, 4) is 0 Å². The van der Waals surface area contributed by atoms with Crippen LogP contribution in [0.5, 0.6) is 0 Å². The zero-order valence-corrected chi connectivity index (χ0v) is 15.2. The predicted octanol–water partition coefficient (Wildman–Crippen LogP) is 0.309. The number of sulfonamides is 1. The third kappa shape index (κ3) is 4.00. The maximum Gasteiger partial charge on any atom is 0.252 e. The van der Waals surface area contributed by atoms with Gasteiger partial charge in [0.1, 0.15) is 4.21 Å². The molecule has 3 rings (SSSR count). The smallest absolute Gasteiger partial charge is 0.252 e. The Morgan fingerprint density at radius 2 is 2.08 bits per heavy atom. The predicted molar refractivity (Wildman–Crippen MR) is 91.5 cm³/mol. The molecule has 0 aliphatic heterocycles. The molecule has 132 valence electrons. The molecule has 0 unspecified atom stereocenters. The molecule has 3 aromatic heterocycles. The SMILES string of the molecule is Cc1cc(C)n2nc(CC(=O)NCc3ccc(S(N)(=O)=O)s3)nc2n1. The van der Waals surface area contributed by atoms with Crippen LogP contribution in [-0.4, -0.2) is 33.9 Å². The van der Waals surface area contributed by atoms with Gasteiger partial charge >= 0.3 is 0 Å². The monoisotopic (exact) mass is 380 g/mol. The minimum atomic E-state index is -3.72. The second kappa shape index (κ2) is 6.50. The lowest BCUT2D eigenvalue weighted by atomic mass is 10.3. The van der Waals surface area contributed by atoms with Crippen molar-refractivity contribution in [2.75, 3.05) is 0 Å². The number of nitrogens with two attached hydrogens (primary N) is 1. The summed E-state index contributed by atoms with van der Waals surface area (Å²) in [7, 11) is -3.72. The Balaban J connectivity index is 1.65. The molecule has 3 aromatic rings. The molecule has 0 saturated carbocycles. The fourth-order valence-corrected chi connectivity index (χ4v) is 4.00. The molecule has 1 amide bonds. The van der Waals surface area contributed by atoms with E-state index in [2.05, 4.69) is 20.4 Å². The highest BCUT2D eigenvalue weighted by atomic mass is 32.2. The summed E-state index contributed by atoms with van der Waals surface area (Å²) in [5.74, 6) is 0.558. The molecule has 0 saturated heterocycles. The lowest BCUT2D eigenvalue weighted by Gasteiger charge is -2.01. The average molecular weight is 380 g/mol. The van der Waals surface area contributed by atoms with Crippen molar-refractivity contribution in [1.29, 1.82) is 0 Å². The number of hydrogen-bond donors (Lipinski definition) is 2. The number of nitrogens with one attached hydrogen (secondary N) is 1. The molecule has 3 N–H and O–H groups in total. The molecular weight excluding hydrogens is 364 g/mol. The van der Waals surface area contributed by atoms with Crippen molar-refractivity contribution in [1.82, 2.24) is 24.9 Å². The first kappa shape index (κ1) is 17.5. The molecule has 9 nitrogen and oxygen atoms in total. The van der Waals surface area contributed by atoms with Crippen LogP contribution in [-0.2, 0) is 27.8 Å². The Kier molecular flexibility index (Phi) is 4.54. The van der Waals surface area contributed by atoms with E-state index in [1.807, 2.05) is 19.9 Å². The summed E-state index contributed by atoms with van der Waals surface area (Å²) in [5, 5.41) is 12.0. The van der Waals surface area contributed by atoms with E-state index < -0.39 is 10.0 Å². The molecule has 0 bridgehead atoms. The molecule has 0 atom stereocenters. The first-order chi connectivity index (χ1) is 11.7. The number of nitrogens with zero attached hydrogens (tertiary/aromatic N) is 4. The fourth-order valence-electron chi connectivity index (χ4n) is 2.28. The molecule has 0 radical (unpaired) electrons. The van der Waals surface area contributed by atoms with E-state index in [1.54, 1.807) is 10.6 Å². The third-order valence-electron chi connectivity index (χ3n) is 3.36. The van der Waals surface area contributed by atoms with Gasteiger partial charge in [0.2, 0.25) is 15.9 Å². The summed E-state index contributed by atoms with van der Waals surface area (Å²) in [4.78, 5) is 21.3. The van der Waals surface area contributed by atoms with Gasteiger partial charge in [-0.15, -0.1) is 16.4 Å². The third-order valence-corrected chi connectivity index (χ3v) is 5.88. The van der Waals surface area contributed by atoms with Crippen LogP contribution in [0, 0.1) is 13.8 Å². The van der Waals surface area contributed by atoms with Crippen LogP contribution in [0.1, 0.15) is 22.1 Å². The quantitative estimate of drug-likeness (QED) is 0.654. The van der Waals surface area contributed by atoms with Crippen LogP contribution in [0.15, 0.2) is 22.4 Å². The molecule has 0 aliphatic rings. The van der Waals surface area contributed by atoms with Gasteiger partial charge in [0, 0.05) is 16.3 Å². The van der Waals surface area contributed by atoms with E-state index in [9.17, 15) is 13.2 Å². The second-order valence-electron chi connectivity index (χ2n) is 5.50. The second-order valence-corrected chi connectivity index (χ2v) is 8.45. The summed E-state index contributed by atoms with van der Waals surface area (Å²) < 4.78 is 24.1. The van der Waals surface area contributed by atoms with E-state index in [0.29, 0.717) is 16.5 Å². The molecule has 11 heteroatoms. The van der Waals surface area contributed by atoms with Gasteiger partial charge in [-0.25, -0.2) is 23.1 Å². The number of carbonyl (C=O) groups is 1. The van der Waals surface area contributed by atoms with Crippen LogP contribution in [0.25, 0.3) is 5.78 Å². The van der Waals surface area contributed by atoms with Gasteiger partial charge in [0.15, 0.2) is 5.82 Å². The largest absolute Gasteiger partial charge is 0.351 e. The van der Waals surface area contributed by atoms with Gasteiger partial charge in [-0.3, -0.25) is 4.79 Å². The van der Waals surface area contributed by atoms with Crippen molar-refractivity contribution < 1.29 is 13.2 Å². The van der Waals surface area contributed by atoms with Crippen molar-refractivity contribution in [3.63, 3.8) is 0 Å². The Bertz CT molecular complexity index is 1050. The number of rotatable bonds is 5. The summed E-state index contributed by atoms with van der Waals surface area (Å²) in [5.41, 5.74) is 1.72. The summed E-state index contributed by atoms with van der Waals surface area (Å²) in [6, 6.07) is 4.91. The first-order valence-electron chi connectivity index (χ1n) is 7.30. The van der Waals surface area contributed by atoms with E-state index in [1.165, 1.54) is 6.07 Å². The van der Waals surface area contributed by atoms with Crippen LogP contribution in [0.2, 0.25) is 0 Å². The van der Waals surface area contributed by atoms with Crippen LogP contribution >= 0.6 is 11.3 Å². The molecular formula is C14H16N6O3S2. The van der Waals surface area contributed by atoms with Crippen molar-refractivity contribution >= 4 is 33.0 Å². The molecule has 0 aromatic carbocycles. The van der Waals surface area contributed by atoms with E-state index >= 15 is 0 Å². The lowest BCUT2D eigenvalue weighted by molar-refractivity contribution is -0.120. The van der Waals surface area contributed by atoms with Crippen LogP contribution in [0.4, 0.5) is 0 Å². The highest BCUT2D eigenvalue weighted by Crippen LogP contribution is 2.19. The minimum Gasteiger partial charge on any atom is -0.351 e. The summed E-state index contributed by atoms with van der Waals surface area (Å²) >= 11 is 1.02. The number of aryl methyl sites for hydroxylation is 2. The van der Waals surface area contributed by atoms with Crippen LogP contribution in [0.3, 0.4) is 0 Å². The van der Waals surface area contributed by atoms with Crippen LogP contribution < -0.4 is 10.5 Å². The van der Waals surface area contributed by atoms with Gasteiger partial charge in [0.25, 0.3) is 5.78 Å². The number of carbonyl (C=O) groups excluding carboxylic acids is 1.